The average Bonchev–Trinajstić information content (AvgIpc) is 2.15. The van der Waals surface area contributed by atoms with Crippen LogP contribution in [0.25, 0.3) is 0 Å². The number of ether oxygens (including phenoxy) is 2. The van der Waals surface area contributed by atoms with E-state index < -0.39 is 0 Å². The Bertz CT molecular complexity index is 386. The maximum Gasteiger partial charge on any atom is 0.141 e. The van der Waals surface area contributed by atoms with E-state index in [1.54, 1.807) is 25.3 Å². The van der Waals surface area contributed by atoms with Crippen LogP contribution in [0.1, 0.15) is 26.3 Å². The smallest absolute Gasteiger partial charge is 0.141 e. The maximum atomic E-state index is 8.91. The van der Waals surface area contributed by atoms with Crippen LogP contribution in [0, 0.1) is 11.3 Å². The van der Waals surface area contributed by atoms with E-state index in [1.165, 1.54) is 0 Å². The predicted molar refractivity (Wildman–Crippen MR) is 58.1 cm³/mol. The van der Waals surface area contributed by atoms with Gasteiger partial charge in [0, 0.05) is 6.07 Å². The largest absolute Gasteiger partial charge is 0.497 e. The molecule has 0 bridgehead atoms. The van der Waals surface area contributed by atoms with E-state index in [9.17, 15) is 0 Å². The second-order valence-corrected chi connectivity index (χ2v) is 4.19. The second-order valence-electron chi connectivity index (χ2n) is 4.19. The van der Waals surface area contributed by atoms with Crippen LogP contribution in [0.5, 0.6) is 11.5 Å². The first-order chi connectivity index (χ1) is 6.96. The summed E-state index contributed by atoms with van der Waals surface area (Å²) >= 11 is 0. The summed E-state index contributed by atoms with van der Waals surface area (Å²) in [4.78, 5) is 0. The van der Waals surface area contributed by atoms with Crippen LogP contribution in [0.3, 0.4) is 0 Å². The molecule has 0 aliphatic carbocycles. The van der Waals surface area contributed by atoms with Crippen molar-refractivity contribution in [1.82, 2.24) is 0 Å². The highest BCUT2D eigenvalue weighted by Crippen LogP contribution is 2.27. The van der Waals surface area contributed by atoms with Gasteiger partial charge in [-0.1, -0.05) is 0 Å². The number of methoxy groups -OCH3 is 1. The third-order valence-corrected chi connectivity index (χ3v) is 1.73. The van der Waals surface area contributed by atoms with E-state index in [0.29, 0.717) is 17.1 Å². The molecular weight excluding hydrogens is 190 g/mol. The summed E-state index contributed by atoms with van der Waals surface area (Å²) < 4.78 is 10.7. The lowest BCUT2D eigenvalue weighted by Crippen LogP contribution is -2.23. The summed E-state index contributed by atoms with van der Waals surface area (Å²) in [6.45, 7) is 5.81. The van der Waals surface area contributed by atoms with Crippen LogP contribution >= 0.6 is 0 Å². The zero-order valence-electron chi connectivity index (χ0n) is 9.50. The summed E-state index contributed by atoms with van der Waals surface area (Å²) in [5, 5.41) is 8.91. The molecule has 0 amide bonds. The van der Waals surface area contributed by atoms with Crippen molar-refractivity contribution in [2.24, 2.45) is 0 Å². The zero-order chi connectivity index (χ0) is 11.5. The fraction of sp³-hybridized carbons (Fsp3) is 0.417. The molecule has 1 aromatic carbocycles. The SMILES string of the molecule is COc1ccc(C#N)c(OC(C)(C)C)c1. The minimum absolute atomic E-state index is 0.321. The van der Waals surface area contributed by atoms with Crippen LogP contribution in [0.2, 0.25) is 0 Å². The van der Waals surface area contributed by atoms with Crippen LogP contribution in [0.4, 0.5) is 0 Å². The molecule has 15 heavy (non-hydrogen) atoms. The highest BCUT2D eigenvalue weighted by molar-refractivity contribution is 5.47. The first-order valence-electron chi connectivity index (χ1n) is 4.73. The molecule has 0 N–H and O–H groups in total. The first kappa shape index (κ1) is 11.4. The molecule has 0 aliphatic rings. The third kappa shape index (κ3) is 3.17. The molecule has 1 aromatic rings. The lowest BCUT2D eigenvalue weighted by atomic mass is 10.1. The van der Waals surface area contributed by atoms with Crippen molar-refractivity contribution in [3.8, 4) is 17.6 Å². The molecule has 0 saturated heterocycles. The Balaban J connectivity index is 3.08. The predicted octanol–water partition coefficient (Wildman–Crippen LogP) is 2.74. The van der Waals surface area contributed by atoms with Gasteiger partial charge in [-0.2, -0.15) is 5.26 Å². The van der Waals surface area contributed by atoms with Gasteiger partial charge in [-0.25, -0.2) is 0 Å². The van der Waals surface area contributed by atoms with Gasteiger partial charge in [-0.3, -0.25) is 0 Å². The van der Waals surface area contributed by atoms with Crippen molar-refractivity contribution < 1.29 is 9.47 Å². The van der Waals surface area contributed by atoms with Gasteiger partial charge in [0.15, 0.2) is 0 Å². The van der Waals surface area contributed by atoms with Crippen molar-refractivity contribution in [1.29, 1.82) is 5.26 Å². The molecule has 0 unspecified atom stereocenters. The number of hydrogen-bond donors (Lipinski definition) is 0. The van der Waals surface area contributed by atoms with E-state index in [2.05, 4.69) is 6.07 Å². The van der Waals surface area contributed by atoms with Gasteiger partial charge >= 0.3 is 0 Å². The molecule has 3 heteroatoms. The summed E-state index contributed by atoms with van der Waals surface area (Å²) in [5.41, 5.74) is 0.198. The Hall–Kier alpha value is -1.69. The molecule has 3 nitrogen and oxygen atoms in total. The molecule has 0 radical (unpaired) electrons. The summed E-state index contributed by atoms with van der Waals surface area (Å²) in [6.07, 6.45) is 0. The second kappa shape index (κ2) is 4.22. The van der Waals surface area contributed by atoms with Crippen molar-refractivity contribution in [3.05, 3.63) is 23.8 Å². The summed E-state index contributed by atoms with van der Waals surface area (Å²) in [5.74, 6) is 1.25. The van der Waals surface area contributed by atoms with Crippen LogP contribution in [0.15, 0.2) is 18.2 Å². The normalized spacial score (nSPS) is 10.6. The van der Waals surface area contributed by atoms with Crippen LogP contribution in [-0.2, 0) is 0 Å². The fourth-order valence-corrected chi connectivity index (χ4v) is 1.14. The van der Waals surface area contributed by atoms with E-state index in [4.69, 9.17) is 14.7 Å². The standard InChI is InChI=1S/C12H15NO2/c1-12(2,3)15-11-7-10(14-4)6-5-9(11)8-13/h5-7H,1-4H3. The Kier molecular flexibility index (Phi) is 3.21. The van der Waals surface area contributed by atoms with Gasteiger partial charge < -0.3 is 9.47 Å². The van der Waals surface area contributed by atoms with E-state index >= 15 is 0 Å². The van der Waals surface area contributed by atoms with Crippen molar-refractivity contribution in [3.63, 3.8) is 0 Å². The van der Waals surface area contributed by atoms with Gasteiger partial charge in [0.05, 0.1) is 12.7 Å². The number of rotatable bonds is 2. The number of nitrogens with zero attached hydrogens (tertiary/aromatic N) is 1. The molecule has 0 spiro atoms. The van der Waals surface area contributed by atoms with Crippen molar-refractivity contribution in [2.75, 3.05) is 7.11 Å². The fourth-order valence-electron chi connectivity index (χ4n) is 1.14. The quantitative estimate of drug-likeness (QED) is 0.745. The molecular formula is C12H15NO2. The Morgan fingerprint density at radius 1 is 1.27 bits per heavy atom. The lowest BCUT2D eigenvalue weighted by Gasteiger charge is -2.22. The van der Waals surface area contributed by atoms with E-state index in [0.717, 1.165) is 0 Å². The Labute approximate surface area is 90.2 Å². The average molecular weight is 205 g/mol. The molecule has 0 atom stereocenters. The first-order valence-corrected chi connectivity index (χ1v) is 4.73. The topological polar surface area (TPSA) is 42.2 Å². The van der Waals surface area contributed by atoms with Gasteiger partial charge in [-0.05, 0) is 32.9 Å². The van der Waals surface area contributed by atoms with E-state index in [1.807, 2.05) is 20.8 Å². The highest BCUT2D eigenvalue weighted by Gasteiger charge is 2.15. The van der Waals surface area contributed by atoms with Gasteiger partial charge in [0.2, 0.25) is 0 Å². The highest BCUT2D eigenvalue weighted by atomic mass is 16.5. The molecule has 0 fully saturated rings. The molecule has 0 saturated carbocycles. The molecule has 80 valence electrons. The zero-order valence-corrected chi connectivity index (χ0v) is 9.50. The van der Waals surface area contributed by atoms with Gasteiger partial charge in [0.1, 0.15) is 23.2 Å². The summed E-state index contributed by atoms with van der Waals surface area (Å²) in [6, 6.07) is 7.25. The molecule has 0 heterocycles. The maximum absolute atomic E-state index is 8.91. The minimum atomic E-state index is -0.321. The lowest BCUT2D eigenvalue weighted by molar-refractivity contribution is 0.130. The Morgan fingerprint density at radius 2 is 1.93 bits per heavy atom. The molecule has 1 rings (SSSR count). The number of hydrogen-bond acceptors (Lipinski definition) is 3. The Morgan fingerprint density at radius 3 is 2.40 bits per heavy atom. The number of benzene rings is 1. The van der Waals surface area contributed by atoms with Gasteiger partial charge in [-0.15, -0.1) is 0 Å². The number of nitriles is 1. The van der Waals surface area contributed by atoms with Crippen molar-refractivity contribution >= 4 is 0 Å². The summed E-state index contributed by atoms with van der Waals surface area (Å²) in [7, 11) is 1.59. The monoisotopic (exact) mass is 205 g/mol. The molecule has 0 aliphatic heterocycles. The van der Waals surface area contributed by atoms with Crippen LogP contribution in [-0.4, -0.2) is 12.7 Å². The molecule has 0 aromatic heterocycles. The van der Waals surface area contributed by atoms with Gasteiger partial charge in [0.25, 0.3) is 0 Å². The van der Waals surface area contributed by atoms with Crippen molar-refractivity contribution in [2.45, 2.75) is 26.4 Å². The minimum Gasteiger partial charge on any atom is -0.497 e. The third-order valence-electron chi connectivity index (χ3n) is 1.73. The van der Waals surface area contributed by atoms with E-state index in [-0.39, 0.29) is 5.60 Å². The van der Waals surface area contributed by atoms with Crippen LogP contribution < -0.4 is 9.47 Å².